The molecule has 48 heavy (non-hydrogen) atoms. The maximum atomic E-state index is 14.7. The van der Waals surface area contributed by atoms with Crippen LogP contribution in [-0.4, -0.2) is 12.5 Å². The largest absolute Gasteiger partial charge is 0.417 e. The predicted molar refractivity (Wildman–Crippen MR) is 174 cm³/mol. The molecule has 1 heterocycles. The summed E-state index contributed by atoms with van der Waals surface area (Å²) >= 11 is 0. The zero-order chi connectivity index (χ0) is 33.4. The molecule has 4 saturated carbocycles. The second kappa shape index (κ2) is 11.2. The van der Waals surface area contributed by atoms with Crippen molar-refractivity contribution < 1.29 is 31.1 Å². The summed E-state index contributed by atoms with van der Waals surface area (Å²) in [6, 6.07) is 21.4. The van der Waals surface area contributed by atoms with E-state index >= 15 is 0 Å². The lowest BCUT2D eigenvalue weighted by Crippen LogP contribution is -2.48. The van der Waals surface area contributed by atoms with E-state index in [1.54, 1.807) is 41.3 Å². The molecule has 9 rings (SSSR count). The zero-order valence-corrected chi connectivity index (χ0v) is 26.3. The molecule has 1 amide bonds. The molecular formula is C40H35F6NO. The first-order valence-electron chi connectivity index (χ1n) is 16.8. The molecule has 4 bridgehead atoms. The van der Waals surface area contributed by atoms with Crippen molar-refractivity contribution in [2.45, 2.75) is 69.1 Å². The van der Waals surface area contributed by atoms with E-state index in [-0.39, 0.29) is 33.6 Å². The minimum Gasteiger partial charge on any atom is -0.312 e. The predicted octanol–water partition coefficient (Wildman–Crippen LogP) is 11.3. The van der Waals surface area contributed by atoms with Gasteiger partial charge in [0.05, 0.1) is 11.1 Å². The smallest absolute Gasteiger partial charge is 0.312 e. The monoisotopic (exact) mass is 659 g/mol. The highest BCUT2D eigenvalue weighted by atomic mass is 19.4. The fraction of sp³-hybridized carbons (Fsp3) is 0.375. The molecule has 5 aliphatic rings. The minimum absolute atomic E-state index is 0.0118. The number of hydrogen-bond donors (Lipinski definition) is 0. The van der Waals surface area contributed by atoms with Gasteiger partial charge in [-0.15, -0.1) is 0 Å². The van der Waals surface area contributed by atoms with Gasteiger partial charge in [0.15, 0.2) is 0 Å². The SMILES string of the molecule is O=C1CCCN1c1ccc(-c2c(-c3ccccc3C(F)(F)F)cc(C34CC5CC(CC(C5)C3)C4)cc2-c2ccccc2C(F)(F)F)cc1. The molecule has 0 unspecified atom stereocenters. The molecule has 0 atom stereocenters. The van der Waals surface area contributed by atoms with E-state index in [2.05, 4.69) is 0 Å². The number of alkyl halides is 6. The topological polar surface area (TPSA) is 20.3 Å². The van der Waals surface area contributed by atoms with Crippen LogP contribution in [0.3, 0.4) is 0 Å². The maximum absolute atomic E-state index is 14.7. The molecule has 0 aromatic heterocycles. The Kier molecular flexibility index (Phi) is 7.31. The molecule has 4 aliphatic carbocycles. The van der Waals surface area contributed by atoms with Crippen LogP contribution < -0.4 is 4.90 Å². The molecule has 8 heteroatoms. The number of anilines is 1. The number of nitrogens with zero attached hydrogens (tertiary/aromatic N) is 1. The van der Waals surface area contributed by atoms with Crippen LogP contribution in [0.4, 0.5) is 32.0 Å². The van der Waals surface area contributed by atoms with Gasteiger partial charge >= 0.3 is 12.4 Å². The van der Waals surface area contributed by atoms with Gasteiger partial charge in [-0.25, -0.2) is 0 Å². The van der Waals surface area contributed by atoms with Gasteiger partial charge in [-0.1, -0.05) is 48.5 Å². The van der Waals surface area contributed by atoms with Gasteiger partial charge in [-0.3, -0.25) is 4.79 Å². The number of halogens is 6. The Morgan fingerprint density at radius 1 is 0.625 bits per heavy atom. The first kappa shape index (κ1) is 31.2. The van der Waals surface area contributed by atoms with Gasteiger partial charge in [0.25, 0.3) is 0 Å². The lowest BCUT2D eigenvalue weighted by molar-refractivity contribution is -0.137. The highest BCUT2D eigenvalue weighted by Gasteiger charge is 2.52. The van der Waals surface area contributed by atoms with E-state index in [9.17, 15) is 31.1 Å². The van der Waals surface area contributed by atoms with E-state index in [1.807, 2.05) is 12.1 Å². The van der Waals surface area contributed by atoms with Crippen molar-refractivity contribution in [1.82, 2.24) is 0 Å². The second-order valence-electron chi connectivity index (χ2n) is 14.4. The molecule has 248 valence electrons. The summed E-state index contributed by atoms with van der Waals surface area (Å²) in [6.07, 6.45) is -2.06. The minimum atomic E-state index is -4.69. The standard InChI is InChI=1S/C40H35F6NO/c41-39(42,43)34-8-3-1-6-30(34)32-19-28(38-21-24-16-25(22-38)18-26(17-24)23-38)20-33(31-7-2-4-9-35(31)40(44,45)46)37(32)27-11-13-29(14-12-27)47-15-5-10-36(47)48/h1-4,6-9,11-14,19-20,24-26H,5,10,15-18,21-23H2. The van der Waals surface area contributed by atoms with Gasteiger partial charge in [0.2, 0.25) is 5.91 Å². The first-order valence-corrected chi connectivity index (χ1v) is 16.8. The van der Waals surface area contributed by atoms with Crippen LogP contribution in [0.1, 0.15) is 68.1 Å². The van der Waals surface area contributed by atoms with Crippen LogP contribution in [0.5, 0.6) is 0 Å². The number of amides is 1. The van der Waals surface area contributed by atoms with Gasteiger partial charge < -0.3 is 4.90 Å². The van der Waals surface area contributed by atoms with Gasteiger partial charge in [0.1, 0.15) is 0 Å². The van der Waals surface area contributed by atoms with Crippen molar-refractivity contribution in [3.05, 3.63) is 102 Å². The fourth-order valence-corrected chi connectivity index (χ4v) is 9.81. The summed E-state index contributed by atoms with van der Waals surface area (Å²) < 4.78 is 88.2. The molecule has 5 fully saturated rings. The number of benzene rings is 4. The molecule has 0 radical (unpaired) electrons. The van der Waals surface area contributed by atoms with Crippen molar-refractivity contribution in [3.8, 4) is 33.4 Å². The molecule has 4 aromatic rings. The molecule has 1 saturated heterocycles. The van der Waals surface area contributed by atoms with Crippen LogP contribution in [0.15, 0.2) is 84.9 Å². The zero-order valence-electron chi connectivity index (χ0n) is 26.3. The lowest BCUT2D eigenvalue weighted by atomic mass is 9.48. The number of carbonyl (C=O) groups excluding carboxylic acids is 1. The third-order valence-corrected chi connectivity index (χ3v) is 11.4. The Morgan fingerprint density at radius 3 is 1.54 bits per heavy atom. The van der Waals surface area contributed by atoms with Crippen LogP contribution in [0, 0.1) is 17.8 Å². The lowest BCUT2D eigenvalue weighted by Gasteiger charge is -2.57. The number of rotatable bonds is 5. The van der Waals surface area contributed by atoms with Crippen LogP contribution in [-0.2, 0) is 22.6 Å². The van der Waals surface area contributed by atoms with Crippen LogP contribution in [0.2, 0.25) is 0 Å². The Labute approximate surface area is 275 Å². The van der Waals surface area contributed by atoms with Crippen molar-refractivity contribution in [2.75, 3.05) is 11.4 Å². The molecule has 0 spiro atoms. The Balaban J connectivity index is 1.43. The molecular weight excluding hydrogens is 624 g/mol. The number of hydrogen-bond acceptors (Lipinski definition) is 1. The average Bonchev–Trinajstić information content (AvgIpc) is 3.48. The maximum Gasteiger partial charge on any atom is 0.417 e. The fourth-order valence-electron chi connectivity index (χ4n) is 9.81. The quantitative estimate of drug-likeness (QED) is 0.195. The van der Waals surface area contributed by atoms with E-state index in [0.717, 1.165) is 62.6 Å². The third kappa shape index (κ3) is 5.32. The molecule has 0 N–H and O–H groups in total. The highest BCUT2D eigenvalue weighted by Crippen LogP contribution is 2.62. The average molecular weight is 660 g/mol. The van der Waals surface area contributed by atoms with E-state index in [0.29, 0.717) is 47.5 Å². The summed E-state index contributed by atoms with van der Waals surface area (Å²) in [5.74, 6) is 1.55. The molecule has 1 aliphatic heterocycles. The summed E-state index contributed by atoms with van der Waals surface area (Å²) in [4.78, 5) is 14.2. The molecule has 4 aromatic carbocycles. The summed E-state index contributed by atoms with van der Waals surface area (Å²) in [5, 5.41) is 0. The van der Waals surface area contributed by atoms with Crippen molar-refractivity contribution >= 4 is 11.6 Å². The highest BCUT2D eigenvalue weighted by molar-refractivity contribution is 5.98. The van der Waals surface area contributed by atoms with Crippen molar-refractivity contribution in [1.29, 1.82) is 0 Å². The van der Waals surface area contributed by atoms with Gasteiger partial charge in [-0.2, -0.15) is 26.3 Å². The summed E-state index contributed by atoms with van der Waals surface area (Å²) in [6.45, 7) is 0.562. The van der Waals surface area contributed by atoms with E-state index < -0.39 is 23.5 Å². The summed E-state index contributed by atoms with van der Waals surface area (Å²) in [5.41, 5.74) is 0.763. The Bertz CT molecular complexity index is 1780. The Hall–Kier alpha value is -4.07. The van der Waals surface area contributed by atoms with Gasteiger partial charge in [0, 0.05) is 18.7 Å². The third-order valence-electron chi connectivity index (χ3n) is 11.4. The van der Waals surface area contributed by atoms with E-state index in [4.69, 9.17) is 0 Å². The van der Waals surface area contributed by atoms with E-state index in [1.165, 1.54) is 24.3 Å². The van der Waals surface area contributed by atoms with Crippen molar-refractivity contribution in [3.63, 3.8) is 0 Å². The normalized spacial score (nSPS) is 25.2. The summed E-state index contributed by atoms with van der Waals surface area (Å²) in [7, 11) is 0. The van der Waals surface area contributed by atoms with Crippen LogP contribution >= 0.6 is 0 Å². The van der Waals surface area contributed by atoms with Crippen molar-refractivity contribution in [2.24, 2.45) is 17.8 Å². The van der Waals surface area contributed by atoms with Crippen LogP contribution in [0.25, 0.3) is 33.4 Å². The Morgan fingerprint density at radius 2 is 1.10 bits per heavy atom. The first-order chi connectivity index (χ1) is 22.9. The van der Waals surface area contributed by atoms with Gasteiger partial charge in [-0.05, 0) is 143 Å². The number of carbonyl (C=O) groups is 1. The second-order valence-corrected chi connectivity index (χ2v) is 14.4. The molecule has 2 nitrogen and oxygen atoms in total.